The fraction of sp³-hybridized carbons (Fsp3) is 0.500. The van der Waals surface area contributed by atoms with E-state index in [0.717, 1.165) is 12.8 Å². The lowest BCUT2D eigenvalue weighted by Gasteiger charge is -2.40. The van der Waals surface area contributed by atoms with Gasteiger partial charge in [-0.1, -0.05) is 6.07 Å². The van der Waals surface area contributed by atoms with E-state index >= 15 is 0 Å². The normalized spacial score (nSPS) is 22.1. The highest BCUT2D eigenvalue weighted by atomic mass is 16.6. The maximum Gasteiger partial charge on any atom is 0.342 e. The standard InChI is InChI=1S/C14H18N2O5/c1-14(21-2)7-4-8-15(9-14)11-6-3-5-10(13(17)18)12(11)16(19)20/h3,5-6H,4,7-9H2,1-2H3,(H,17,18). The van der Waals surface area contributed by atoms with Crippen molar-refractivity contribution in [2.24, 2.45) is 0 Å². The van der Waals surface area contributed by atoms with Crippen LogP contribution in [0.5, 0.6) is 0 Å². The van der Waals surface area contributed by atoms with Gasteiger partial charge in [-0.15, -0.1) is 0 Å². The maximum atomic E-state index is 11.3. The summed E-state index contributed by atoms with van der Waals surface area (Å²) in [6.07, 6.45) is 1.70. The fourth-order valence-corrected chi connectivity index (χ4v) is 2.73. The molecule has 1 unspecified atom stereocenters. The minimum Gasteiger partial charge on any atom is -0.477 e. The molecule has 7 nitrogen and oxygen atoms in total. The van der Waals surface area contributed by atoms with E-state index in [2.05, 4.69) is 0 Å². The Balaban J connectivity index is 2.46. The van der Waals surface area contributed by atoms with E-state index < -0.39 is 10.9 Å². The van der Waals surface area contributed by atoms with Gasteiger partial charge < -0.3 is 14.7 Å². The van der Waals surface area contributed by atoms with Crippen LogP contribution >= 0.6 is 0 Å². The number of rotatable bonds is 4. The molecule has 0 aliphatic carbocycles. The van der Waals surface area contributed by atoms with E-state index in [0.29, 0.717) is 18.8 Å². The van der Waals surface area contributed by atoms with Crippen molar-refractivity contribution in [3.8, 4) is 0 Å². The molecule has 0 radical (unpaired) electrons. The van der Waals surface area contributed by atoms with Crippen LogP contribution < -0.4 is 4.90 Å². The van der Waals surface area contributed by atoms with Crippen LogP contribution in [0.3, 0.4) is 0 Å². The van der Waals surface area contributed by atoms with Gasteiger partial charge in [-0.3, -0.25) is 10.1 Å². The second kappa shape index (κ2) is 5.69. The molecule has 1 N–H and O–H groups in total. The van der Waals surface area contributed by atoms with Gasteiger partial charge in [0.15, 0.2) is 0 Å². The van der Waals surface area contributed by atoms with Crippen molar-refractivity contribution in [3.05, 3.63) is 33.9 Å². The number of para-hydroxylation sites is 1. The zero-order chi connectivity index (χ0) is 15.6. The Morgan fingerprint density at radius 2 is 2.24 bits per heavy atom. The first-order valence-corrected chi connectivity index (χ1v) is 6.69. The molecule has 7 heteroatoms. The van der Waals surface area contributed by atoms with E-state index in [9.17, 15) is 14.9 Å². The molecule has 1 aromatic rings. The van der Waals surface area contributed by atoms with Crippen LogP contribution in [0.15, 0.2) is 18.2 Å². The predicted octanol–water partition coefficient (Wildman–Crippen LogP) is 2.30. The van der Waals surface area contributed by atoms with Gasteiger partial charge in [0.05, 0.1) is 10.5 Å². The highest BCUT2D eigenvalue weighted by Crippen LogP contribution is 2.36. The first-order chi connectivity index (χ1) is 9.88. The molecular formula is C14H18N2O5. The van der Waals surface area contributed by atoms with Gasteiger partial charge in [0.25, 0.3) is 0 Å². The van der Waals surface area contributed by atoms with Gasteiger partial charge in [-0.05, 0) is 31.9 Å². The predicted molar refractivity (Wildman–Crippen MR) is 76.9 cm³/mol. The highest BCUT2D eigenvalue weighted by Gasteiger charge is 2.35. The number of methoxy groups -OCH3 is 1. The molecule has 2 rings (SSSR count). The molecule has 0 amide bonds. The van der Waals surface area contributed by atoms with E-state index in [-0.39, 0.29) is 16.9 Å². The molecule has 114 valence electrons. The molecule has 1 fully saturated rings. The number of carbonyl (C=O) groups is 1. The average molecular weight is 294 g/mol. The van der Waals surface area contributed by atoms with Gasteiger partial charge in [-0.25, -0.2) is 4.79 Å². The number of carboxylic acid groups (broad SMARTS) is 1. The largest absolute Gasteiger partial charge is 0.477 e. The van der Waals surface area contributed by atoms with Crippen LogP contribution in [0.2, 0.25) is 0 Å². The molecule has 1 aliphatic heterocycles. The third-order valence-corrected chi connectivity index (χ3v) is 3.92. The van der Waals surface area contributed by atoms with E-state index in [1.807, 2.05) is 11.8 Å². The van der Waals surface area contributed by atoms with Crippen molar-refractivity contribution in [2.75, 3.05) is 25.1 Å². The Morgan fingerprint density at radius 1 is 1.52 bits per heavy atom. The van der Waals surface area contributed by atoms with Gasteiger partial charge >= 0.3 is 11.7 Å². The van der Waals surface area contributed by atoms with Crippen molar-refractivity contribution in [2.45, 2.75) is 25.4 Å². The molecular weight excluding hydrogens is 276 g/mol. The van der Waals surface area contributed by atoms with Crippen molar-refractivity contribution in [3.63, 3.8) is 0 Å². The molecule has 1 atom stereocenters. The minimum atomic E-state index is -1.30. The number of benzene rings is 1. The highest BCUT2D eigenvalue weighted by molar-refractivity contribution is 5.95. The van der Waals surface area contributed by atoms with Gasteiger partial charge in [-0.2, -0.15) is 0 Å². The topological polar surface area (TPSA) is 92.9 Å². The summed E-state index contributed by atoms with van der Waals surface area (Å²) in [6, 6.07) is 4.37. The van der Waals surface area contributed by atoms with Crippen molar-refractivity contribution >= 4 is 17.3 Å². The number of carboxylic acids is 1. The van der Waals surface area contributed by atoms with Crippen molar-refractivity contribution in [1.29, 1.82) is 0 Å². The van der Waals surface area contributed by atoms with Crippen molar-refractivity contribution < 1.29 is 19.6 Å². The molecule has 1 aliphatic rings. The fourth-order valence-electron chi connectivity index (χ4n) is 2.73. The molecule has 21 heavy (non-hydrogen) atoms. The summed E-state index contributed by atoms with van der Waals surface area (Å²) in [5.41, 5.74) is -0.693. The molecule has 0 aromatic heterocycles. The number of nitrogens with zero attached hydrogens (tertiary/aromatic N) is 2. The Morgan fingerprint density at radius 3 is 2.81 bits per heavy atom. The number of nitro benzene ring substituents is 1. The van der Waals surface area contributed by atoms with Gasteiger partial charge in [0.1, 0.15) is 11.3 Å². The number of ether oxygens (including phenoxy) is 1. The van der Waals surface area contributed by atoms with E-state index in [1.165, 1.54) is 12.1 Å². The SMILES string of the molecule is COC1(C)CCCN(c2cccc(C(=O)O)c2[N+](=O)[O-])C1. The summed E-state index contributed by atoms with van der Waals surface area (Å²) < 4.78 is 5.48. The average Bonchev–Trinajstić information content (AvgIpc) is 2.46. The minimum absolute atomic E-state index is 0.290. The number of aromatic carboxylic acids is 1. The Bertz CT molecular complexity index is 574. The molecule has 0 saturated carbocycles. The van der Waals surface area contributed by atoms with Gasteiger partial charge in [0, 0.05) is 20.2 Å². The summed E-state index contributed by atoms with van der Waals surface area (Å²) in [6.45, 7) is 3.09. The van der Waals surface area contributed by atoms with Crippen LogP contribution in [0.4, 0.5) is 11.4 Å². The van der Waals surface area contributed by atoms with Crippen LogP contribution in [0, 0.1) is 10.1 Å². The summed E-state index contributed by atoms with van der Waals surface area (Å²) in [4.78, 5) is 23.7. The van der Waals surface area contributed by atoms with Crippen LogP contribution in [0.1, 0.15) is 30.1 Å². The monoisotopic (exact) mass is 294 g/mol. The number of anilines is 1. The number of piperidine rings is 1. The van der Waals surface area contributed by atoms with E-state index in [1.54, 1.807) is 13.2 Å². The number of nitro groups is 1. The second-order valence-corrected chi connectivity index (χ2v) is 5.41. The molecule has 0 spiro atoms. The third-order valence-electron chi connectivity index (χ3n) is 3.92. The lowest BCUT2D eigenvalue weighted by molar-refractivity contribution is -0.384. The first kappa shape index (κ1) is 15.2. The quantitative estimate of drug-likeness (QED) is 0.676. The number of hydrogen-bond donors (Lipinski definition) is 1. The van der Waals surface area contributed by atoms with Crippen LogP contribution in [-0.2, 0) is 4.74 Å². The Labute approximate surface area is 122 Å². The van der Waals surface area contributed by atoms with Gasteiger partial charge in [0.2, 0.25) is 0 Å². The molecule has 1 saturated heterocycles. The lowest BCUT2D eigenvalue weighted by Crippen LogP contribution is -2.47. The smallest absolute Gasteiger partial charge is 0.342 e. The summed E-state index contributed by atoms with van der Waals surface area (Å²) in [5, 5.41) is 20.4. The molecule has 1 heterocycles. The molecule has 1 aromatic carbocycles. The summed E-state index contributed by atoms with van der Waals surface area (Å²) in [7, 11) is 1.62. The van der Waals surface area contributed by atoms with Crippen LogP contribution in [0.25, 0.3) is 0 Å². The Kier molecular flexibility index (Phi) is 4.13. The first-order valence-electron chi connectivity index (χ1n) is 6.69. The van der Waals surface area contributed by atoms with Crippen LogP contribution in [-0.4, -0.2) is 41.8 Å². The van der Waals surface area contributed by atoms with Crippen molar-refractivity contribution in [1.82, 2.24) is 0 Å². The van der Waals surface area contributed by atoms with E-state index in [4.69, 9.17) is 9.84 Å². The maximum absolute atomic E-state index is 11.3. The zero-order valence-corrected chi connectivity index (χ0v) is 12.0. The Hall–Kier alpha value is -2.15. The summed E-state index contributed by atoms with van der Waals surface area (Å²) in [5.74, 6) is -1.30. The second-order valence-electron chi connectivity index (χ2n) is 5.41. The third kappa shape index (κ3) is 2.97. The summed E-state index contributed by atoms with van der Waals surface area (Å²) >= 11 is 0. The number of hydrogen-bond acceptors (Lipinski definition) is 5. The lowest BCUT2D eigenvalue weighted by atomic mass is 9.94. The zero-order valence-electron chi connectivity index (χ0n) is 12.0. The molecule has 0 bridgehead atoms.